The van der Waals surface area contributed by atoms with E-state index >= 15 is 0 Å². The quantitative estimate of drug-likeness (QED) is 0.364. The standard InChI is InChI=1S/C23H32N4O3/c28-22-25-21(18-7-8-18)14-27(22)16-29-12-2-11-24-26-23(9-10-23)19-3-1-4-20(13-19)30-15-17-5-6-17/h1,3-4,13,17,24,26H,2,5-12,14-16H2,(H,25,28). The van der Waals surface area contributed by atoms with E-state index in [-0.39, 0.29) is 11.6 Å². The SMILES string of the molecule is O=C1NC(=C2CC2)CN1COCCCNNC1(c2cccc(OCC3CC3)c2)CC1. The summed E-state index contributed by atoms with van der Waals surface area (Å²) in [4.78, 5) is 13.6. The van der Waals surface area contributed by atoms with Gasteiger partial charge in [-0.25, -0.2) is 10.2 Å². The van der Waals surface area contributed by atoms with Crippen molar-refractivity contribution in [1.82, 2.24) is 21.1 Å². The molecule has 0 aromatic heterocycles. The highest BCUT2D eigenvalue weighted by Gasteiger charge is 2.44. The largest absolute Gasteiger partial charge is 0.493 e. The number of rotatable bonds is 12. The van der Waals surface area contributed by atoms with Crippen LogP contribution >= 0.6 is 0 Å². The number of amides is 2. The van der Waals surface area contributed by atoms with E-state index in [9.17, 15) is 4.79 Å². The monoisotopic (exact) mass is 412 g/mol. The average molecular weight is 413 g/mol. The number of nitrogens with one attached hydrogen (secondary N) is 3. The Morgan fingerprint density at radius 1 is 1.23 bits per heavy atom. The van der Waals surface area contributed by atoms with Crippen molar-refractivity contribution in [3.63, 3.8) is 0 Å². The van der Waals surface area contributed by atoms with Crippen molar-refractivity contribution in [2.75, 3.05) is 33.0 Å². The Morgan fingerprint density at radius 3 is 2.87 bits per heavy atom. The zero-order valence-corrected chi connectivity index (χ0v) is 17.5. The summed E-state index contributed by atoms with van der Waals surface area (Å²) in [5.74, 6) is 1.75. The predicted molar refractivity (Wildman–Crippen MR) is 114 cm³/mol. The summed E-state index contributed by atoms with van der Waals surface area (Å²) in [5.41, 5.74) is 10.7. The summed E-state index contributed by atoms with van der Waals surface area (Å²) in [5, 5.41) is 2.94. The van der Waals surface area contributed by atoms with Crippen LogP contribution in [0, 0.1) is 5.92 Å². The van der Waals surface area contributed by atoms with Gasteiger partial charge in [-0.15, -0.1) is 0 Å². The minimum absolute atomic E-state index is 0.0279. The minimum Gasteiger partial charge on any atom is -0.493 e. The van der Waals surface area contributed by atoms with E-state index in [1.807, 2.05) is 0 Å². The molecule has 1 heterocycles. The molecule has 2 amide bonds. The third-order valence-corrected chi connectivity index (χ3v) is 6.31. The van der Waals surface area contributed by atoms with Gasteiger partial charge in [-0.2, -0.15) is 0 Å². The minimum atomic E-state index is -0.0387. The molecule has 7 nitrogen and oxygen atoms in total. The molecule has 1 aromatic carbocycles. The van der Waals surface area contributed by atoms with Crippen molar-refractivity contribution in [2.45, 2.75) is 50.5 Å². The molecule has 0 atom stereocenters. The first-order valence-corrected chi connectivity index (χ1v) is 11.3. The highest BCUT2D eigenvalue weighted by molar-refractivity contribution is 5.80. The van der Waals surface area contributed by atoms with E-state index in [0.29, 0.717) is 19.9 Å². The fourth-order valence-electron chi connectivity index (χ4n) is 3.84. The molecule has 0 bridgehead atoms. The van der Waals surface area contributed by atoms with Crippen molar-refractivity contribution in [3.8, 4) is 5.75 Å². The maximum atomic E-state index is 11.9. The highest BCUT2D eigenvalue weighted by atomic mass is 16.5. The molecule has 3 saturated carbocycles. The topological polar surface area (TPSA) is 74.9 Å². The van der Waals surface area contributed by atoms with Crippen molar-refractivity contribution in [1.29, 1.82) is 0 Å². The fourth-order valence-corrected chi connectivity index (χ4v) is 3.84. The Hall–Kier alpha value is -2.09. The molecule has 5 rings (SSSR count). The summed E-state index contributed by atoms with van der Waals surface area (Å²) in [6, 6.07) is 8.47. The summed E-state index contributed by atoms with van der Waals surface area (Å²) < 4.78 is 11.6. The molecule has 7 heteroatoms. The normalized spacial score (nSPS) is 21.7. The van der Waals surface area contributed by atoms with E-state index in [0.717, 1.165) is 62.6 Å². The van der Waals surface area contributed by atoms with Crippen LogP contribution in [0.5, 0.6) is 5.75 Å². The lowest BCUT2D eigenvalue weighted by molar-refractivity contribution is 0.0570. The van der Waals surface area contributed by atoms with Crippen molar-refractivity contribution < 1.29 is 14.3 Å². The van der Waals surface area contributed by atoms with Gasteiger partial charge in [0, 0.05) is 12.2 Å². The van der Waals surface area contributed by atoms with Crippen LogP contribution in [-0.2, 0) is 10.3 Å². The van der Waals surface area contributed by atoms with Gasteiger partial charge in [0.1, 0.15) is 12.5 Å². The molecule has 1 saturated heterocycles. The second-order valence-electron chi connectivity index (χ2n) is 9.02. The maximum absolute atomic E-state index is 11.9. The maximum Gasteiger partial charge on any atom is 0.323 e. The second kappa shape index (κ2) is 8.57. The first kappa shape index (κ1) is 19.8. The van der Waals surface area contributed by atoms with E-state index < -0.39 is 0 Å². The molecule has 162 valence electrons. The van der Waals surface area contributed by atoms with Crippen LogP contribution in [0.3, 0.4) is 0 Å². The van der Waals surface area contributed by atoms with Crippen LogP contribution in [0.25, 0.3) is 0 Å². The molecule has 0 radical (unpaired) electrons. The molecule has 30 heavy (non-hydrogen) atoms. The number of allylic oxidation sites excluding steroid dienone is 1. The third-order valence-electron chi connectivity index (χ3n) is 6.31. The lowest BCUT2D eigenvalue weighted by Gasteiger charge is -2.20. The number of carbonyl (C=O) groups is 1. The van der Waals surface area contributed by atoms with Crippen molar-refractivity contribution in [3.05, 3.63) is 41.1 Å². The number of hydrogen-bond acceptors (Lipinski definition) is 5. The highest BCUT2D eigenvalue weighted by Crippen LogP contribution is 2.45. The van der Waals surface area contributed by atoms with E-state index in [1.54, 1.807) is 4.90 Å². The number of carbonyl (C=O) groups excluding carboxylic acids is 1. The van der Waals surface area contributed by atoms with Crippen LogP contribution in [0.1, 0.15) is 50.5 Å². The molecule has 0 spiro atoms. The summed E-state index contributed by atoms with van der Waals surface area (Å²) >= 11 is 0. The van der Waals surface area contributed by atoms with E-state index in [2.05, 4.69) is 40.4 Å². The number of benzene rings is 1. The number of ether oxygens (including phenoxy) is 2. The number of urea groups is 1. The summed E-state index contributed by atoms with van der Waals surface area (Å²) in [7, 11) is 0. The lowest BCUT2D eigenvalue weighted by Crippen LogP contribution is -2.41. The van der Waals surface area contributed by atoms with E-state index in [4.69, 9.17) is 9.47 Å². The van der Waals surface area contributed by atoms with Gasteiger partial charge in [-0.3, -0.25) is 10.3 Å². The lowest BCUT2D eigenvalue weighted by atomic mass is 10.1. The molecular formula is C23H32N4O3. The van der Waals surface area contributed by atoms with Crippen LogP contribution in [0.15, 0.2) is 35.5 Å². The average Bonchev–Trinajstić information content (AvgIpc) is 3.61. The molecule has 1 aromatic rings. The van der Waals surface area contributed by atoms with Crippen LogP contribution in [0.2, 0.25) is 0 Å². The number of nitrogens with zero attached hydrogens (tertiary/aromatic N) is 1. The van der Waals surface area contributed by atoms with Gasteiger partial charge in [0.15, 0.2) is 0 Å². The van der Waals surface area contributed by atoms with Crippen molar-refractivity contribution in [2.24, 2.45) is 5.92 Å². The second-order valence-corrected chi connectivity index (χ2v) is 9.02. The van der Waals surface area contributed by atoms with Gasteiger partial charge in [0.05, 0.1) is 25.3 Å². The molecule has 4 aliphatic rings. The molecule has 1 aliphatic heterocycles. The van der Waals surface area contributed by atoms with Gasteiger partial charge in [-0.05, 0) is 74.1 Å². The van der Waals surface area contributed by atoms with E-state index in [1.165, 1.54) is 24.0 Å². The predicted octanol–water partition coefficient (Wildman–Crippen LogP) is 3.00. The Balaban J connectivity index is 0.981. The number of hydrogen-bond donors (Lipinski definition) is 3. The molecule has 0 unspecified atom stereocenters. The molecule has 3 N–H and O–H groups in total. The van der Waals surface area contributed by atoms with Crippen LogP contribution in [-0.4, -0.2) is 44.0 Å². The van der Waals surface area contributed by atoms with Crippen LogP contribution < -0.4 is 20.9 Å². The van der Waals surface area contributed by atoms with Gasteiger partial charge in [0.25, 0.3) is 0 Å². The van der Waals surface area contributed by atoms with Crippen LogP contribution in [0.4, 0.5) is 4.79 Å². The zero-order chi connectivity index (χ0) is 20.4. The number of hydrazine groups is 1. The van der Waals surface area contributed by atoms with Gasteiger partial charge in [0.2, 0.25) is 0 Å². The van der Waals surface area contributed by atoms with Crippen molar-refractivity contribution >= 4 is 6.03 Å². The third kappa shape index (κ3) is 4.96. The first-order chi connectivity index (χ1) is 14.7. The van der Waals surface area contributed by atoms with Gasteiger partial charge < -0.3 is 14.8 Å². The molecule has 3 aliphatic carbocycles. The zero-order valence-electron chi connectivity index (χ0n) is 17.5. The van der Waals surface area contributed by atoms with Gasteiger partial charge >= 0.3 is 6.03 Å². The Kier molecular flexibility index (Phi) is 5.67. The fraction of sp³-hybridized carbons (Fsp3) is 0.609. The van der Waals surface area contributed by atoms with Gasteiger partial charge in [-0.1, -0.05) is 12.1 Å². The first-order valence-electron chi connectivity index (χ1n) is 11.3. The molecular weight excluding hydrogens is 380 g/mol. The Labute approximate surface area is 178 Å². The summed E-state index contributed by atoms with van der Waals surface area (Å²) in [6.45, 7) is 3.32. The molecule has 4 fully saturated rings. The Bertz CT molecular complexity index is 810. The summed E-state index contributed by atoms with van der Waals surface area (Å²) in [6.07, 6.45) is 8.02. The smallest absolute Gasteiger partial charge is 0.323 e. The Morgan fingerprint density at radius 2 is 2.10 bits per heavy atom.